The number of nitrogens with one attached hydrogen (secondary N) is 1. The highest BCUT2D eigenvalue weighted by molar-refractivity contribution is 5.54. The molecule has 2 aromatic rings. The van der Waals surface area contributed by atoms with Gasteiger partial charge in [0, 0.05) is 23.9 Å². The zero-order valence-corrected chi connectivity index (χ0v) is 14.1. The largest absolute Gasteiger partial charge is 0.370 e. The van der Waals surface area contributed by atoms with Gasteiger partial charge in [-0.3, -0.25) is 0 Å². The van der Waals surface area contributed by atoms with Gasteiger partial charge in [0.1, 0.15) is 5.82 Å². The molecule has 0 spiro atoms. The third-order valence-electron chi connectivity index (χ3n) is 3.99. The first-order valence-electron chi connectivity index (χ1n) is 8.48. The lowest BCUT2D eigenvalue weighted by molar-refractivity contribution is 0.661. The van der Waals surface area contributed by atoms with Crippen LogP contribution in [-0.2, 0) is 6.42 Å². The second kappa shape index (κ2) is 8.13. The number of aryl methyl sites for hydroxylation is 1. The molecule has 0 aromatic carbocycles. The van der Waals surface area contributed by atoms with Crippen molar-refractivity contribution >= 4 is 11.5 Å². The number of nitrogens with two attached hydrogens (primary N) is 1. The highest BCUT2D eigenvalue weighted by Crippen LogP contribution is 2.22. The standard InChI is InChI=1S/C17H29N5/c1-4-14-11-16(19-10-8-6-5-7-9-18)21-17-15(13(2)3)12-20-22(14)17/h11-13H,4-10,18H2,1-3H3,(H,19,21). The summed E-state index contributed by atoms with van der Waals surface area (Å²) in [5, 5.41) is 7.96. The number of unbranched alkanes of at least 4 members (excludes halogenated alkanes) is 3. The molecule has 0 aliphatic rings. The van der Waals surface area contributed by atoms with E-state index in [9.17, 15) is 0 Å². The van der Waals surface area contributed by atoms with Crippen LogP contribution in [0.15, 0.2) is 12.3 Å². The number of hydrogen-bond donors (Lipinski definition) is 2. The van der Waals surface area contributed by atoms with E-state index in [-0.39, 0.29) is 0 Å². The summed E-state index contributed by atoms with van der Waals surface area (Å²) >= 11 is 0. The Hall–Kier alpha value is -1.62. The van der Waals surface area contributed by atoms with E-state index in [2.05, 4.69) is 37.3 Å². The van der Waals surface area contributed by atoms with Crippen molar-refractivity contribution in [1.82, 2.24) is 14.6 Å². The van der Waals surface area contributed by atoms with Gasteiger partial charge >= 0.3 is 0 Å². The summed E-state index contributed by atoms with van der Waals surface area (Å²) in [7, 11) is 0. The lowest BCUT2D eigenvalue weighted by atomic mass is 10.1. The minimum absolute atomic E-state index is 0.432. The molecule has 2 rings (SSSR count). The first kappa shape index (κ1) is 16.7. The van der Waals surface area contributed by atoms with Crippen LogP contribution in [0, 0.1) is 0 Å². The maximum Gasteiger partial charge on any atom is 0.161 e. The number of anilines is 1. The lowest BCUT2D eigenvalue weighted by Gasteiger charge is -2.10. The first-order chi connectivity index (χ1) is 10.7. The van der Waals surface area contributed by atoms with E-state index >= 15 is 0 Å². The van der Waals surface area contributed by atoms with Crippen LogP contribution in [0.25, 0.3) is 5.65 Å². The summed E-state index contributed by atoms with van der Waals surface area (Å²) in [4.78, 5) is 4.77. The van der Waals surface area contributed by atoms with Crippen LogP contribution in [0.5, 0.6) is 0 Å². The predicted octanol–water partition coefficient (Wildman–Crippen LogP) is 3.35. The molecule has 0 radical (unpaired) electrons. The second-order valence-electron chi connectivity index (χ2n) is 6.11. The fraction of sp³-hybridized carbons (Fsp3) is 0.647. The summed E-state index contributed by atoms with van der Waals surface area (Å²) < 4.78 is 1.97. The van der Waals surface area contributed by atoms with Crippen molar-refractivity contribution in [3.63, 3.8) is 0 Å². The molecule has 0 bridgehead atoms. The van der Waals surface area contributed by atoms with Crippen LogP contribution >= 0.6 is 0 Å². The quantitative estimate of drug-likeness (QED) is 0.697. The number of nitrogens with zero attached hydrogens (tertiary/aromatic N) is 3. The summed E-state index contributed by atoms with van der Waals surface area (Å²) in [6, 6.07) is 2.12. The molecule has 22 heavy (non-hydrogen) atoms. The van der Waals surface area contributed by atoms with Gasteiger partial charge in [-0.1, -0.05) is 33.6 Å². The van der Waals surface area contributed by atoms with E-state index < -0.39 is 0 Å². The third kappa shape index (κ3) is 3.97. The highest BCUT2D eigenvalue weighted by atomic mass is 15.3. The molecule has 122 valence electrons. The average molecular weight is 303 g/mol. The molecule has 0 amide bonds. The molecule has 0 aliphatic carbocycles. The Morgan fingerprint density at radius 1 is 1.23 bits per heavy atom. The molecule has 0 saturated heterocycles. The van der Waals surface area contributed by atoms with Gasteiger partial charge in [-0.05, 0) is 31.7 Å². The Kier molecular flexibility index (Phi) is 6.19. The maximum atomic E-state index is 5.51. The van der Waals surface area contributed by atoms with Crippen LogP contribution in [0.4, 0.5) is 5.82 Å². The number of fused-ring (bicyclic) bond motifs is 1. The van der Waals surface area contributed by atoms with E-state index in [4.69, 9.17) is 10.7 Å². The van der Waals surface area contributed by atoms with Crippen molar-refractivity contribution in [2.75, 3.05) is 18.4 Å². The predicted molar refractivity (Wildman–Crippen MR) is 92.5 cm³/mol. The molecule has 2 heterocycles. The van der Waals surface area contributed by atoms with Crippen molar-refractivity contribution in [2.24, 2.45) is 5.73 Å². The fourth-order valence-electron chi connectivity index (χ4n) is 2.63. The van der Waals surface area contributed by atoms with Gasteiger partial charge < -0.3 is 11.1 Å². The van der Waals surface area contributed by atoms with Gasteiger partial charge in [0.15, 0.2) is 5.65 Å². The minimum Gasteiger partial charge on any atom is -0.370 e. The molecular formula is C17H29N5. The van der Waals surface area contributed by atoms with Gasteiger partial charge in [-0.15, -0.1) is 0 Å². The Labute approximate surface area is 133 Å². The van der Waals surface area contributed by atoms with Gasteiger partial charge in [0.05, 0.1) is 6.20 Å². The SMILES string of the molecule is CCc1cc(NCCCCCCN)nc2c(C(C)C)cnn12. The van der Waals surface area contributed by atoms with Crippen molar-refractivity contribution < 1.29 is 0 Å². The lowest BCUT2D eigenvalue weighted by Crippen LogP contribution is -2.08. The van der Waals surface area contributed by atoms with Crippen LogP contribution in [0.1, 0.15) is 63.6 Å². The van der Waals surface area contributed by atoms with Gasteiger partial charge in [-0.25, -0.2) is 9.50 Å². The fourth-order valence-corrected chi connectivity index (χ4v) is 2.63. The molecule has 3 N–H and O–H groups in total. The Bertz CT molecular complexity index is 588. The molecule has 0 atom stereocenters. The average Bonchev–Trinajstić information content (AvgIpc) is 2.94. The van der Waals surface area contributed by atoms with Crippen LogP contribution < -0.4 is 11.1 Å². The molecule has 0 saturated carbocycles. The zero-order chi connectivity index (χ0) is 15.9. The maximum absolute atomic E-state index is 5.51. The normalized spacial score (nSPS) is 11.5. The molecule has 5 heteroatoms. The van der Waals surface area contributed by atoms with E-state index in [1.165, 1.54) is 24.1 Å². The van der Waals surface area contributed by atoms with E-state index in [0.29, 0.717) is 5.92 Å². The first-order valence-corrected chi connectivity index (χ1v) is 8.48. The smallest absolute Gasteiger partial charge is 0.161 e. The molecule has 2 aromatic heterocycles. The van der Waals surface area contributed by atoms with Crippen molar-refractivity contribution in [3.05, 3.63) is 23.5 Å². The molecule has 0 aliphatic heterocycles. The number of hydrogen-bond acceptors (Lipinski definition) is 4. The van der Waals surface area contributed by atoms with E-state index in [1.54, 1.807) is 0 Å². The highest BCUT2D eigenvalue weighted by Gasteiger charge is 2.12. The van der Waals surface area contributed by atoms with Crippen LogP contribution in [0.3, 0.4) is 0 Å². The third-order valence-corrected chi connectivity index (χ3v) is 3.99. The van der Waals surface area contributed by atoms with Gasteiger partial charge in [0.2, 0.25) is 0 Å². The molecule has 0 fully saturated rings. The van der Waals surface area contributed by atoms with Crippen molar-refractivity contribution in [1.29, 1.82) is 0 Å². The molecule has 5 nitrogen and oxygen atoms in total. The van der Waals surface area contributed by atoms with Crippen LogP contribution in [0.2, 0.25) is 0 Å². The Morgan fingerprint density at radius 2 is 2.00 bits per heavy atom. The summed E-state index contributed by atoms with van der Waals surface area (Å²) in [6.07, 6.45) is 7.61. The van der Waals surface area contributed by atoms with Gasteiger partial charge in [-0.2, -0.15) is 5.10 Å². The Morgan fingerprint density at radius 3 is 2.68 bits per heavy atom. The number of rotatable bonds is 9. The van der Waals surface area contributed by atoms with E-state index in [1.807, 2.05) is 10.7 Å². The van der Waals surface area contributed by atoms with Crippen molar-refractivity contribution in [3.8, 4) is 0 Å². The summed E-state index contributed by atoms with van der Waals surface area (Å²) in [6.45, 7) is 8.28. The topological polar surface area (TPSA) is 68.2 Å². The minimum atomic E-state index is 0.432. The Balaban J connectivity index is 2.08. The molecule has 0 unspecified atom stereocenters. The van der Waals surface area contributed by atoms with Crippen molar-refractivity contribution in [2.45, 2.75) is 58.8 Å². The van der Waals surface area contributed by atoms with Crippen LogP contribution in [-0.4, -0.2) is 27.7 Å². The summed E-state index contributed by atoms with van der Waals surface area (Å²) in [5.41, 5.74) is 8.91. The second-order valence-corrected chi connectivity index (χ2v) is 6.11. The van der Waals surface area contributed by atoms with E-state index in [0.717, 1.165) is 43.8 Å². The monoisotopic (exact) mass is 303 g/mol. The number of aromatic nitrogens is 3. The van der Waals surface area contributed by atoms with Gasteiger partial charge in [0.25, 0.3) is 0 Å². The molecular weight excluding hydrogens is 274 g/mol. The summed E-state index contributed by atoms with van der Waals surface area (Å²) in [5.74, 6) is 1.40. The zero-order valence-electron chi connectivity index (χ0n) is 14.1.